The van der Waals surface area contributed by atoms with Gasteiger partial charge in [-0.1, -0.05) is 41.1 Å². The van der Waals surface area contributed by atoms with E-state index in [-0.39, 0.29) is 12.2 Å². The average molecular weight is 249 g/mol. The third-order valence-corrected chi connectivity index (χ3v) is 2.61. The predicted octanol–water partition coefficient (Wildman–Crippen LogP) is 2.15. The third-order valence-electron chi connectivity index (χ3n) is 2.61. The SMILES string of the molecule is Cc1ccc(/C=C/c2c(C#N)nnn2CC#N)cc1. The van der Waals surface area contributed by atoms with Gasteiger partial charge in [0, 0.05) is 0 Å². The molecule has 0 N–H and O–H groups in total. The third kappa shape index (κ3) is 2.85. The van der Waals surface area contributed by atoms with Gasteiger partial charge in [0.2, 0.25) is 0 Å². The van der Waals surface area contributed by atoms with Crippen LogP contribution in [0.15, 0.2) is 24.3 Å². The summed E-state index contributed by atoms with van der Waals surface area (Å²) in [7, 11) is 0. The zero-order chi connectivity index (χ0) is 13.7. The van der Waals surface area contributed by atoms with Crippen LogP contribution in [0.5, 0.6) is 0 Å². The first-order valence-electron chi connectivity index (χ1n) is 5.70. The van der Waals surface area contributed by atoms with Crippen LogP contribution in [0.4, 0.5) is 0 Å². The van der Waals surface area contributed by atoms with Crippen molar-refractivity contribution in [2.24, 2.45) is 0 Å². The van der Waals surface area contributed by atoms with Crippen LogP contribution >= 0.6 is 0 Å². The maximum Gasteiger partial charge on any atom is 0.190 e. The number of nitriles is 2. The van der Waals surface area contributed by atoms with Gasteiger partial charge >= 0.3 is 0 Å². The lowest BCUT2D eigenvalue weighted by molar-refractivity contribution is 0.663. The van der Waals surface area contributed by atoms with Crippen molar-refractivity contribution in [1.29, 1.82) is 10.5 Å². The molecule has 2 aromatic rings. The predicted molar refractivity (Wildman–Crippen MR) is 70.5 cm³/mol. The van der Waals surface area contributed by atoms with Gasteiger partial charge in [-0.05, 0) is 18.6 Å². The molecule has 2 rings (SSSR count). The Morgan fingerprint density at radius 1 is 1.21 bits per heavy atom. The van der Waals surface area contributed by atoms with Gasteiger partial charge in [-0.15, -0.1) is 5.10 Å². The topological polar surface area (TPSA) is 78.3 Å². The van der Waals surface area contributed by atoms with E-state index in [1.165, 1.54) is 10.2 Å². The van der Waals surface area contributed by atoms with Gasteiger partial charge in [0.1, 0.15) is 18.3 Å². The molecule has 0 aliphatic rings. The highest BCUT2D eigenvalue weighted by Crippen LogP contribution is 2.11. The van der Waals surface area contributed by atoms with Gasteiger partial charge in [-0.3, -0.25) is 0 Å². The van der Waals surface area contributed by atoms with E-state index in [0.29, 0.717) is 5.69 Å². The number of hydrogen-bond acceptors (Lipinski definition) is 4. The Morgan fingerprint density at radius 2 is 1.95 bits per heavy atom. The molecule has 0 saturated carbocycles. The van der Waals surface area contributed by atoms with Crippen LogP contribution in [-0.2, 0) is 6.54 Å². The average Bonchev–Trinajstić information content (AvgIpc) is 2.81. The Labute approximate surface area is 111 Å². The zero-order valence-electron chi connectivity index (χ0n) is 10.4. The molecule has 0 saturated heterocycles. The highest BCUT2D eigenvalue weighted by Gasteiger charge is 2.08. The van der Waals surface area contributed by atoms with Crippen LogP contribution in [0, 0.1) is 29.6 Å². The number of rotatable bonds is 3. The Hall–Kier alpha value is -2.92. The van der Waals surface area contributed by atoms with Crippen LogP contribution in [0.2, 0.25) is 0 Å². The molecule has 1 heterocycles. The van der Waals surface area contributed by atoms with Crippen LogP contribution < -0.4 is 0 Å². The maximum atomic E-state index is 8.95. The number of benzene rings is 1. The van der Waals surface area contributed by atoms with E-state index in [1.807, 2.05) is 49.4 Å². The van der Waals surface area contributed by atoms with E-state index in [2.05, 4.69) is 10.3 Å². The highest BCUT2D eigenvalue weighted by atomic mass is 15.4. The normalized spacial score (nSPS) is 10.3. The summed E-state index contributed by atoms with van der Waals surface area (Å²) in [5.74, 6) is 0. The Morgan fingerprint density at radius 3 is 2.58 bits per heavy atom. The first-order valence-corrected chi connectivity index (χ1v) is 5.70. The van der Waals surface area contributed by atoms with Crippen molar-refractivity contribution in [3.05, 3.63) is 46.8 Å². The van der Waals surface area contributed by atoms with Gasteiger partial charge in [0.05, 0.1) is 6.07 Å². The Bertz CT molecular complexity index is 680. The molecule has 0 atom stereocenters. The molecule has 0 radical (unpaired) electrons. The fourth-order valence-corrected chi connectivity index (χ4v) is 1.60. The molecule has 0 unspecified atom stereocenters. The molecule has 19 heavy (non-hydrogen) atoms. The maximum absolute atomic E-state index is 8.95. The summed E-state index contributed by atoms with van der Waals surface area (Å²) >= 11 is 0. The van der Waals surface area contributed by atoms with Crippen LogP contribution in [0.25, 0.3) is 12.2 Å². The van der Waals surface area contributed by atoms with Crippen molar-refractivity contribution < 1.29 is 0 Å². The fraction of sp³-hybridized carbons (Fsp3) is 0.143. The minimum Gasteiger partial charge on any atom is -0.230 e. The molecule has 0 spiro atoms. The van der Waals surface area contributed by atoms with E-state index in [1.54, 1.807) is 6.08 Å². The van der Waals surface area contributed by atoms with Crippen LogP contribution in [0.1, 0.15) is 22.5 Å². The summed E-state index contributed by atoms with van der Waals surface area (Å²) < 4.78 is 1.41. The van der Waals surface area contributed by atoms with E-state index < -0.39 is 0 Å². The minimum absolute atomic E-state index is 0.0717. The van der Waals surface area contributed by atoms with E-state index in [4.69, 9.17) is 10.5 Å². The van der Waals surface area contributed by atoms with E-state index >= 15 is 0 Å². The molecule has 5 heteroatoms. The molecular weight excluding hydrogens is 238 g/mol. The summed E-state index contributed by atoms with van der Waals surface area (Å²) in [5.41, 5.74) is 2.97. The molecule has 0 bridgehead atoms. The first-order chi connectivity index (χ1) is 9.24. The summed E-state index contributed by atoms with van der Waals surface area (Å²) in [5, 5.41) is 25.1. The van der Waals surface area contributed by atoms with Crippen molar-refractivity contribution >= 4 is 12.2 Å². The summed E-state index contributed by atoms with van der Waals surface area (Å²) in [6, 6.07) is 11.9. The van der Waals surface area contributed by atoms with E-state index in [0.717, 1.165) is 5.56 Å². The molecule has 0 fully saturated rings. The summed E-state index contributed by atoms with van der Waals surface area (Å²) in [6.45, 7) is 2.09. The molecule has 5 nitrogen and oxygen atoms in total. The molecule has 0 amide bonds. The zero-order valence-corrected chi connectivity index (χ0v) is 10.4. The number of aromatic nitrogens is 3. The molecule has 92 valence electrons. The Balaban J connectivity index is 2.32. The monoisotopic (exact) mass is 249 g/mol. The van der Waals surface area contributed by atoms with Crippen molar-refractivity contribution in [1.82, 2.24) is 15.0 Å². The fourth-order valence-electron chi connectivity index (χ4n) is 1.60. The standard InChI is InChI=1S/C14H11N5/c1-11-2-4-12(5-3-11)6-7-14-13(10-16)17-18-19(14)9-8-15/h2-7H,9H2,1H3/b7-6+. The summed E-state index contributed by atoms with van der Waals surface area (Å²) in [4.78, 5) is 0. The lowest BCUT2D eigenvalue weighted by Gasteiger charge is -1.97. The minimum atomic E-state index is 0.0717. The van der Waals surface area contributed by atoms with Crippen molar-refractivity contribution in [2.45, 2.75) is 13.5 Å². The number of aryl methyl sites for hydroxylation is 1. The van der Waals surface area contributed by atoms with Crippen molar-refractivity contribution in [3.63, 3.8) is 0 Å². The van der Waals surface area contributed by atoms with Crippen molar-refractivity contribution in [2.75, 3.05) is 0 Å². The number of nitrogens with zero attached hydrogens (tertiary/aromatic N) is 5. The first kappa shape index (κ1) is 12.5. The largest absolute Gasteiger partial charge is 0.230 e. The highest BCUT2D eigenvalue weighted by molar-refractivity contribution is 5.70. The lowest BCUT2D eigenvalue weighted by atomic mass is 10.1. The van der Waals surface area contributed by atoms with Gasteiger partial charge in [-0.25, -0.2) is 4.68 Å². The second-order valence-electron chi connectivity index (χ2n) is 3.99. The molecular formula is C14H11N5. The van der Waals surface area contributed by atoms with Crippen molar-refractivity contribution in [3.8, 4) is 12.1 Å². The van der Waals surface area contributed by atoms with E-state index in [9.17, 15) is 0 Å². The molecule has 1 aromatic carbocycles. The van der Waals surface area contributed by atoms with Gasteiger partial charge < -0.3 is 0 Å². The van der Waals surface area contributed by atoms with Gasteiger partial charge in [0.25, 0.3) is 0 Å². The lowest BCUT2D eigenvalue weighted by Crippen LogP contribution is -2.00. The quantitative estimate of drug-likeness (QED) is 0.834. The van der Waals surface area contributed by atoms with Crippen LogP contribution in [0.3, 0.4) is 0 Å². The number of hydrogen-bond donors (Lipinski definition) is 0. The smallest absolute Gasteiger partial charge is 0.190 e. The van der Waals surface area contributed by atoms with Gasteiger partial charge in [0.15, 0.2) is 5.69 Å². The van der Waals surface area contributed by atoms with Gasteiger partial charge in [-0.2, -0.15) is 10.5 Å². The second kappa shape index (κ2) is 5.61. The molecule has 0 aliphatic heterocycles. The Kier molecular flexibility index (Phi) is 3.70. The molecule has 0 aliphatic carbocycles. The van der Waals surface area contributed by atoms with Crippen LogP contribution in [-0.4, -0.2) is 15.0 Å². The summed E-state index contributed by atoms with van der Waals surface area (Å²) in [6.07, 6.45) is 3.62. The molecule has 1 aromatic heterocycles. The second-order valence-corrected chi connectivity index (χ2v) is 3.99.